The van der Waals surface area contributed by atoms with E-state index < -0.39 is 6.04 Å². The van der Waals surface area contributed by atoms with Gasteiger partial charge in [0.25, 0.3) is 0 Å². The first kappa shape index (κ1) is 27.8. The zero-order valence-electron chi connectivity index (χ0n) is 22.6. The van der Waals surface area contributed by atoms with Crippen LogP contribution < -0.4 is 10.6 Å². The van der Waals surface area contributed by atoms with Gasteiger partial charge in [-0.3, -0.25) is 9.59 Å². The fourth-order valence-electron chi connectivity index (χ4n) is 5.63. The summed E-state index contributed by atoms with van der Waals surface area (Å²) in [5.41, 5.74) is 2.47. The van der Waals surface area contributed by atoms with Crippen LogP contribution in [0.4, 0.5) is 0 Å². The molecule has 0 aromatic heterocycles. The lowest BCUT2D eigenvalue weighted by Crippen LogP contribution is -2.57. The van der Waals surface area contributed by atoms with Gasteiger partial charge in [0.2, 0.25) is 11.8 Å². The van der Waals surface area contributed by atoms with Gasteiger partial charge in [-0.05, 0) is 60.8 Å². The van der Waals surface area contributed by atoms with Crippen LogP contribution in [0.25, 0.3) is 0 Å². The zero-order chi connectivity index (χ0) is 25.8. The molecule has 3 rings (SSSR count). The number of amides is 2. The van der Waals surface area contributed by atoms with Gasteiger partial charge in [0.15, 0.2) is 0 Å². The van der Waals surface area contributed by atoms with E-state index in [-0.39, 0.29) is 34.4 Å². The van der Waals surface area contributed by atoms with Crippen molar-refractivity contribution in [3.05, 3.63) is 35.6 Å². The minimum absolute atomic E-state index is 0.0104. The number of carbonyl (C=O) groups excluding carboxylic acids is 2. The zero-order valence-corrected chi connectivity index (χ0v) is 23.3. The van der Waals surface area contributed by atoms with Gasteiger partial charge in [0, 0.05) is 31.2 Å². The number of nitrogens with zero attached hydrogens (tertiary/aromatic N) is 1. The fraction of sp³-hybridized carbons (Fsp3) is 0.724. The van der Waals surface area contributed by atoms with E-state index in [4.69, 9.17) is 11.6 Å². The molecule has 1 fully saturated rings. The molecule has 4 atom stereocenters. The monoisotopic (exact) mass is 503 g/mol. The van der Waals surface area contributed by atoms with Crippen molar-refractivity contribution in [1.82, 2.24) is 15.5 Å². The van der Waals surface area contributed by atoms with Crippen molar-refractivity contribution in [3.63, 3.8) is 0 Å². The van der Waals surface area contributed by atoms with Crippen molar-refractivity contribution in [3.8, 4) is 0 Å². The largest absolute Gasteiger partial charge is 0.388 e. The standard InChI is InChI=1S/C29H46ClN3O2/c1-19(2)17-31-24-9-7-8-22(16-24)27(34)32-26(20(3)4)28(35)33-15-14-25(29(5,6)18-33)21-10-12-23(30)13-11-21/h9-12,19-20,22-23,25-26,31H,7-8,13-18H2,1-6H3,(H,32,34)/t22?,23?,25-,26-/m1/s1. The third-order valence-electron chi connectivity index (χ3n) is 7.73. The lowest BCUT2D eigenvalue weighted by Gasteiger charge is -2.46. The summed E-state index contributed by atoms with van der Waals surface area (Å²) in [6.07, 6.45) is 13.0. The van der Waals surface area contributed by atoms with Gasteiger partial charge >= 0.3 is 0 Å². The number of hydrogen-bond acceptors (Lipinski definition) is 3. The molecule has 2 amide bonds. The summed E-state index contributed by atoms with van der Waals surface area (Å²) in [5.74, 6) is 0.986. The van der Waals surface area contributed by atoms with E-state index in [0.717, 1.165) is 50.9 Å². The topological polar surface area (TPSA) is 61.4 Å². The number of halogens is 1. The molecule has 35 heavy (non-hydrogen) atoms. The molecule has 1 aliphatic heterocycles. The minimum Gasteiger partial charge on any atom is -0.388 e. The van der Waals surface area contributed by atoms with Crippen LogP contribution in [-0.2, 0) is 9.59 Å². The Hall–Kier alpha value is -1.75. The van der Waals surface area contributed by atoms with Crippen LogP contribution in [0.2, 0.25) is 0 Å². The molecule has 0 saturated carbocycles. The molecule has 1 heterocycles. The Morgan fingerprint density at radius 1 is 1.17 bits per heavy atom. The Balaban J connectivity index is 1.61. The predicted octanol–water partition coefficient (Wildman–Crippen LogP) is 5.43. The first-order valence-corrected chi connectivity index (χ1v) is 14.0. The Kier molecular flexibility index (Phi) is 9.53. The van der Waals surface area contributed by atoms with Crippen molar-refractivity contribution in [1.29, 1.82) is 0 Å². The highest BCUT2D eigenvalue weighted by atomic mass is 35.5. The predicted molar refractivity (Wildman–Crippen MR) is 145 cm³/mol. The number of hydrogen-bond donors (Lipinski definition) is 2. The van der Waals surface area contributed by atoms with Crippen LogP contribution in [0.15, 0.2) is 35.6 Å². The number of carbonyl (C=O) groups is 2. The van der Waals surface area contributed by atoms with E-state index in [2.05, 4.69) is 62.6 Å². The van der Waals surface area contributed by atoms with Crippen LogP contribution in [-0.4, -0.2) is 47.8 Å². The first-order valence-electron chi connectivity index (χ1n) is 13.5. The number of allylic oxidation sites excluding steroid dienone is 6. The molecular weight excluding hydrogens is 458 g/mol. The Labute approximate surface area is 217 Å². The minimum atomic E-state index is -0.487. The normalized spacial score (nSPS) is 27.3. The lowest BCUT2D eigenvalue weighted by atomic mass is 9.69. The fourth-order valence-corrected chi connectivity index (χ4v) is 5.79. The molecule has 1 saturated heterocycles. The second-order valence-corrected chi connectivity index (χ2v) is 12.7. The van der Waals surface area contributed by atoms with Crippen molar-refractivity contribution in [2.75, 3.05) is 19.6 Å². The third-order valence-corrected chi connectivity index (χ3v) is 8.05. The molecule has 2 aliphatic carbocycles. The Morgan fingerprint density at radius 2 is 1.91 bits per heavy atom. The van der Waals surface area contributed by atoms with Crippen LogP contribution in [0.3, 0.4) is 0 Å². The van der Waals surface area contributed by atoms with Crippen LogP contribution in [0.1, 0.15) is 73.6 Å². The maximum absolute atomic E-state index is 13.7. The number of likely N-dealkylation sites (tertiary alicyclic amines) is 1. The van der Waals surface area contributed by atoms with E-state index in [0.29, 0.717) is 18.4 Å². The van der Waals surface area contributed by atoms with Crippen LogP contribution in [0, 0.1) is 29.1 Å². The quantitative estimate of drug-likeness (QED) is 0.434. The van der Waals surface area contributed by atoms with Crippen molar-refractivity contribution < 1.29 is 9.59 Å². The summed E-state index contributed by atoms with van der Waals surface area (Å²) in [4.78, 5) is 28.9. The highest BCUT2D eigenvalue weighted by Crippen LogP contribution is 2.41. The van der Waals surface area contributed by atoms with Crippen molar-refractivity contribution >= 4 is 23.4 Å². The van der Waals surface area contributed by atoms with Crippen LogP contribution >= 0.6 is 11.6 Å². The average Bonchev–Trinajstić information content (AvgIpc) is 2.80. The summed E-state index contributed by atoms with van der Waals surface area (Å²) < 4.78 is 0. The smallest absolute Gasteiger partial charge is 0.245 e. The van der Waals surface area contributed by atoms with E-state index in [9.17, 15) is 9.59 Å². The molecular formula is C29H46ClN3O2. The second-order valence-electron chi connectivity index (χ2n) is 12.1. The third kappa shape index (κ3) is 7.38. The molecule has 0 aromatic rings. The molecule has 0 radical (unpaired) electrons. The number of nitrogens with one attached hydrogen (secondary N) is 2. The molecule has 5 nitrogen and oxygen atoms in total. The lowest BCUT2D eigenvalue weighted by molar-refractivity contribution is -0.142. The molecule has 0 spiro atoms. The van der Waals surface area contributed by atoms with E-state index in [1.165, 1.54) is 5.57 Å². The average molecular weight is 504 g/mol. The molecule has 196 valence electrons. The van der Waals surface area contributed by atoms with Gasteiger partial charge in [0.05, 0.1) is 5.38 Å². The van der Waals surface area contributed by atoms with Gasteiger partial charge in [-0.15, -0.1) is 11.6 Å². The van der Waals surface area contributed by atoms with Crippen molar-refractivity contribution in [2.45, 2.75) is 85.1 Å². The van der Waals surface area contributed by atoms with Gasteiger partial charge in [-0.2, -0.15) is 0 Å². The van der Waals surface area contributed by atoms with Gasteiger partial charge in [-0.25, -0.2) is 0 Å². The molecule has 6 heteroatoms. The van der Waals surface area contributed by atoms with Gasteiger partial charge < -0.3 is 15.5 Å². The molecule has 0 bridgehead atoms. The summed E-state index contributed by atoms with van der Waals surface area (Å²) in [6, 6.07) is -0.487. The summed E-state index contributed by atoms with van der Waals surface area (Å²) in [6.45, 7) is 15.2. The van der Waals surface area contributed by atoms with Crippen molar-refractivity contribution in [2.24, 2.45) is 29.1 Å². The second kappa shape index (κ2) is 12.0. The highest BCUT2D eigenvalue weighted by Gasteiger charge is 2.41. The molecule has 0 aromatic carbocycles. The number of alkyl halides is 1. The molecule has 3 aliphatic rings. The number of piperidine rings is 1. The van der Waals surface area contributed by atoms with Crippen LogP contribution in [0.5, 0.6) is 0 Å². The summed E-state index contributed by atoms with van der Waals surface area (Å²) in [5, 5.41) is 6.73. The summed E-state index contributed by atoms with van der Waals surface area (Å²) in [7, 11) is 0. The SMILES string of the molecule is CC(C)CNC1=CCCC(C(=O)N[C@@H](C(=O)N2CC[C@H](C3=CCC(Cl)C=C3)C(C)(C)C2)C(C)C)C1. The Morgan fingerprint density at radius 3 is 2.51 bits per heavy atom. The van der Waals surface area contributed by atoms with E-state index in [1.54, 1.807) is 0 Å². The molecule has 2 unspecified atom stereocenters. The van der Waals surface area contributed by atoms with E-state index in [1.807, 2.05) is 18.7 Å². The maximum atomic E-state index is 13.7. The number of rotatable bonds is 8. The maximum Gasteiger partial charge on any atom is 0.245 e. The summed E-state index contributed by atoms with van der Waals surface area (Å²) >= 11 is 6.23. The van der Waals surface area contributed by atoms with Gasteiger partial charge in [-0.1, -0.05) is 65.8 Å². The Bertz CT molecular complexity index is 858. The first-order chi connectivity index (χ1) is 16.5. The highest BCUT2D eigenvalue weighted by molar-refractivity contribution is 6.22. The van der Waals surface area contributed by atoms with Gasteiger partial charge in [0.1, 0.15) is 6.04 Å². The molecule has 2 N–H and O–H groups in total. The van der Waals surface area contributed by atoms with E-state index >= 15 is 0 Å².